The number of thiocarbonyl (C=S) groups is 1. The average Bonchev–Trinajstić information content (AvgIpc) is 3.38. The second-order valence-electron chi connectivity index (χ2n) is 10.2. The highest BCUT2D eigenvalue weighted by Crippen LogP contribution is 2.45. The van der Waals surface area contributed by atoms with Crippen LogP contribution in [-0.2, 0) is 16.0 Å². The standard InChI is InChI=1S/C28H31BrN4O3S/c1-17(2)32-27(34)24-16-22-21-15-19(29)5-8-23(21)30-25(22)26(33(24)28(32)37)18-3-6-20(7-4-18)36-14-11-31-9-12-35-13-10-31/h3-8,15,17,24,26,30H,9-14,16H2,1-2H3. The van der Waals surface area contributed by atoms with Crippen molar-refractivity contribution in [1.29, 1.82) is 0 Å². The summed E-state index contributed by atoms with van der Waals surface area (Å²) < 4.78 is 12.5. The molecule has 9 heteroatoms. The summed E-state index contributed by atoms with van der Waals surface area (Å²) in [6.07, 6.45) is 0.632. The van der Waals surface area contributed by atoms with E-state index in [1.807, 2.05) is 32.0 Å². The van der Waals surface area contributed by atoms with Gasteiger partial charge < -0.3 is 19.4 Å². The summed E-state index contributed by atoms with van der Waals surface area (Å²) in [6.45, 7) is 9.06. The largest absolute Gasteiger partial charge is 0.492 e. The lowest BCUT2D eigenvalue weighted by atomic mass is 9.89. The maximum atomic E-state index is 13.6. The van der Waals surface area contributed by atoms with Crippen LogP contribution in [0.25, 0.3) is 10.9 Å². The van der Waals surface area contributed by atoms with Crippen molar-refractivity contribution in [2.75, 3.05) is 39.5 Å². The summed E-state index contributed by atoms with van der Waals surface area (Å²) in [6, 6.07) is 14.1. The number of carbonyl (C=O) groups is 1. The zero-order chi connectivity index (χ0) is 25.7. The molecule has 4 heterocycles. The average molecular weight is 584 g/mol. The number of morpholine rings is 1. The van der Waals surface area contributed by atoms with Gasteiger partial charge in [0.1, 0.15) is 18.4 Å². The molecule has 0 saturated carbocycles. The third kappa shape index (κ3) is 4.46. The molecule has 0 bridgehead atoms. The van der Waals surface area contributed by atoms with Gasteiger partial charge in [0.15, 0.2) is 5.11 Å². The number of halogens is 1. The number of aromatic amines is 1. The fourth-order valence-electron chi connectivity index (χ4n) is 5.80. The van der Waals surface area contributed by atoms with Gasteiger partial charge in [0.05, 0.1) is 19.3 Å². The normalized spacial score (nSPS) is 22.2. The lowest BCUT2D eigenvalue weighted by Gasteiger charge is -2.37. The molecule has 37 heavy (non-hydrogen) atoms. The van der Waals surface area contributed by atoms with Crippen molar-refractivity contribution in [3.8, 4) is 5.75 Å². The van der Waals surface area contributed by atoms with Crippen LogP contribution in [0, 0.1) is 0 Å². The van der Waals surface area contributed by atoms with E-state index in [4.69, 9.17) is 21.7 Å². The lowest BCUT2D eigenvalue weighted by molar-refractivity contribution is -0.129. The Morgan fingerprint density at radius 1 is 1.16 bits per heavy atom. The number of hydrogen-bond donors (Lipinski definition) is 1. The fraction of sp³-hybridized carbons (Fsp3) is 0.429. The first-order valence-electron chi connectivity index (χ1n) is 12.9. The summed E-state index contributed by atoms with van der Waals surface area (Å²) in [5.41, 5.74) is 4.45. The van der Waals surface area contributed by atoms with Crippen LogP contribution in [0.4, 0.5) is 0 Å². The molecule has 2 unspecified atom stereocenters. The number of fused-ring (bicyclic) bond motifs is 4. The summed E-state index contributed by atoms with van der Waals surface area (Å²) in [4.78, 5) is 23.5. The van der Waals surface area contributed by atoms with Gasteiger partial charge in [-0.2, -0.15) is 0 Å². The number of aromatic nitrogens is 1. The predicted molar refractivity (Wildman–Crippen MR) is 151 cm³/mol. The number of ether oxygens (including phenoxy) is 2. The predicted octanol–water partition coefficient (Wildman–Crippen LogP) is 4.49. The van der Waals surface area contributed by atoms with Crippen LogP contribution in [0.1, 0.15) is 36.7 Å². The molecule has 3 aromatic rings. The van der Waals surface area contributed by atoms with Crippen LogP contribution < -0.4 is 4.74 Å². The minimum Gasteiger partial charge on any atom is -0.492 e. The van der Waals surface area contributed by atoms with Gasteiger partial charge >= 0.3 is 0 Å². The van der Waals surface area contributed by atoms with Crippen molar-refractivity contribution in [2.24, 2.45) is 0 Å². The Hall–Kier alpha value is -2.46. The van der Waals surface area contributed by atoms with Gasteiger partial charge in [0.2, 0.25) is 0 Å². The number of rotatable bonds is 6. The van der Waals surface area contributed by atoms with Crippen LogP contribution >= 0.6 is 28.1 Å². The Morgan fingerprint density at radius 2 is 1.92 bits per heavy atom. The van der Waals surface area contributed by atoms with E-state index >= 15 is 0 Å². The first-order chi connectivity index (χ1) is 17.9. The Balaban J connectivity index is 1.32. The second-order valence-corrected chi connectivity index (χ2v) is 11.5. The molecule has 0 aliphatic carbocycles. The molecule has 7 nitrogen and oxygen atoms in total. The maximum absolute atomic E-state index is 13.6. The lowest BCUT2D eigenvalue weighted by Crippen LogP contribution is -2.44. The molecule has 1 amide bonds. The molecule has 2 atom stereocenters. The van der Waals surface area contributed by atoms with Gasteiger partial charge in [-0.05, 0) is 67.5 Å². The number of nitrogens with zero attached hydrogens (tertiary/aromatic N) is 3. The van der Waals surface area contributed by atoms with Crippen LogP contribution in [0.2, 0.25) is 0 Å². The van der Waals surface area contributed by atoms with E-state index in [-0.39, 0.29) is 24.0 Å². The van der Waals surface area contributed by atoms with Crippen LogP contribution in [0.15, 0.2) is 46.9 Å². The fourth-order valence-corrected chi connectivity index (χ4v) is 6.69. The van der Waals surface area contributed by atoms with E-state index < -0.39 is 0 Å². The van der Waals surface area contributed by atoms with Crippen molar-refractivity contribution in [1.82, 2.24) is 19.7 Å². The summed E-state index contributed by atoms with van der Waals surface area (Å²) in [5, 5.41) is 1.75. The van der Waals surface area contributed by atoms with E-state index in [1.54, 1.807) is 4.90 Å². The molecule has 6 rings (SSSR count). The van der Waals surface area contributed by atoms with Crippen LogP contribution in [0.3, 0.4) is 0 Å². The Morgan fingerprint density at radius 3 is 2.65 bits per heavy atom. The highest BCUT2D eigenvalue weighted by atomic mass is 79.9. The molecule has 3 aliphatic rings. The van der Waals surface area contributed by atoms with Gasteiger partial charge in [-0.25, -0.2) is 0 Å². The maximum Gasteiger partial charge on any atom is 0.252 e. The second kappa shape index (κ2) is 10.0. The van der Waals surface area contributed by atoms with E-state index in [0.29, 0.717) is 18.1 Å². The van der Waals surface area contributed by atoms with E-state index in [0.717, 1.165) is 65.2 Å². The topological polar surface area (TPSA) is 61.0 Å². The van der Waals surface area contributed by atoms with Gasteiger partial charge in [0.25, 0.3) is 5.91 Å². The quantitative estimate of drug-likeness (QED) is 0.432. The van der Waals surface area contributed by atoms with Crippen molar-refractivity contribution in [3.63, 3.8) is 0 Å². The molecule has 2 saturated heterocycles. The molecule has 2 fully saturated rings. The van der Waals surface area contributed by atoms with Gasteiger partial charge in [-0.15, -0.1) is 0 Å². The van der Waals surface area contributed by atoms with E-state index in [9.17, 15) is 4.79 Å². The SMILES string of the molecule is CC(C)N1C(=O)C2Cc3c([nH]c4ccc(Br)cc34)C(c3ccc(OCCN4CCOCC4)cc3)N2C1=S. The Bertz CT molecular complexity index is 1340. The molecule has 194 valence electrons. The number of benzene rings is 2. The Kier molecular flexibility index (Phi) is 6.73. The summed E-state index contributed by atoms with van der Waals surface area (Å²) in [7, 11) is 0. The van der Waals surface area contributed by atoms with Crippen molar-refractivity contribution >= 4 is 50.1 Å². The first kappa shape index (κ1) is 24.9. The van der Waals surface area contributed by atoms with E-state index in [1.165, 1.54) is 5.56 Å². The smallest absolute Gasteiger partial charge is 0.252 e. The third-order valence-corrected chi connectivity index (χ3v) is 8.53. The Labute approximate surface area is 230 Å². The highest BCUT2D eigenvalue weighted by molar-refractivity contribution is 9.10. The molecule has 0 spiro atoms. The number of amides is 1. The van der Waals surface area contributed by atoms with Crippen molar-refractivity contribution in [3.05, 3.63) is 63.8 Å². The van der Waals surface area contributed by atoms with Crippen molar-refractivity contribution < 1.29 is 14.3 Å². The minimum atomic E-state index is -0.310. The number of carbonyl (C=O) groups excluding carboxylic acids is 1. The van der Waals surface area contributed by atoms with Gasteiger partial charge in [-0.1, -0.05) is 28.1 Å². The van der Waals surface area contributed by atoms with E-state index in [2.05, 4.69) is 55.0 Å². The summed E-state index contributed by atoms with van der Waals surface area (Å²) in [5.74, 6) is 0.928. The zero-order valence-corrected chi connectivity index (χ0v) is 23.5. The highest BCUT2D eigenvalue weighted by Gasteiger charge is 2.51. The van der Waals surface area contributed by atoms with Crippen LogP contribution in [0.5, 0.6) is 5.75 Å². The minimum absolute atomic E-state index is 0.0118. The summed E-state index contributed by atoms with van der Waals surface area (Å²) >= 11 is 9.54. The molecule has 0 radical (unpaired) electrons. The molecule has 1 N–H and O–H groups in total. The monoisotopic (exact) mass is 582 g/mol. The van der Waals surface area contributed by atoms with Gasteiger partial charge in [-0.3, -0.25) is 14.6 Å². The zero-order valence-electron chi connectivity index (χ0n) is 21.1. The third-order valence-electron chi connectivity index (χ3n) is 7.63. The number of nitrogens with one attached hydrogen (secondary N) is 1. The first-order valence-corrected chi connectivity index (χ1v) is 14.1. The molecule has 2 aromatic carbocycles. The number of hydrogen-bond acceptors (Lipinski definition) is 5. The van der Waals surface area contributed by atoms with Crippen molar-refractivity contribution in [2.45, 2.75) is 38.4 Å². The molecule has 1 aromatic heterocycles. The molecular weight excluding hydrogens is 552 g/mol. The molecule has 3 aliphatic heterocycles. The number of H-pyrrole nitrogens is 1. The van der Waals surface area contributed by atoms with Crippen LogP contribution in [-0.4, -0.2) is 82.2 Å². The molecular formula is C28H31BrN4O3S. The van der Waals surface area contributed by atoms with Gasteiger partial charge in [0, 0.05) is 53.2 Å².